The van der Waals surface area contributed by atoms with E-state index in [0.717, 1.165) is 12.0 Å². The number of esters is 1. The molecular weight excluding hydrogens is 330 g/mol. The number of carbonyl (C=O) groups excluding carboxylic acids is 2. The molecule has 1 aromatic carbocycles. The van der Waals surface area contributed by atoms with Crippen LogP contribution in [0.5, 0.6) is 0 Å². The zero-order chi connectivity index (χ0) is 19.2. The molecule has 0 aromatic heterocycles. The molecular formula is C21H29NO4. The fourth-order valence-corrected chi connectivity index (χ4v) is 3.25. The molecule has 0 radical (unpaired) electrons. The van der Waals surface area contributed by atoms with Gasteiger partial charge in [0.2, 0.25) is 5.91 Å². The fourth-order valence-electron chi connectivity index (χ4n) is 3.25. The summed E-state index contributed by atoms with van der Waals surface area (Å²) in [6.07, 6.45) is 5.91. The van der Waals surface area contributed by atoms with E-state index < -0.39 is 11.6 Å². The van der Waals surface area contributed by atoms with Gasteiger partial charge in [-0.25, -0.2) is 4.79 Å². The first-order chi connectivity index (χ1) is 12.3. The summed E-state index contributed by atoms with van der Waals surface area (Å²) in [6.45, 7) is 5.55. The second-order valence-electron chi connectivity index (χ2n) is 7.64. The van der Waals surface area contributed by atoms with Crippen LogP contribution in [0.2, 0.25) is 0 Å². The van der Waals surface area contributed by atoms with Crippen LogP contribution >= 0.6 is 0 Å². The Morgan fingerprint density at radius 3 is 2.54 bits per heavy atom. The molecule has 0 unspecified atom stereocenters. The maximum Gasteiger partial charge on any atom is 0.329 e. The topological polar surface area (TPSA) is 66.8 Å². The van der Waals surface area contributed by atoms with Crippen molar-refractivity contribution in [3.8, 4) is 0 Å². The smallest absolute Gasteiger partial charge is 0.329 e. The molecule has 0 saturated carbocycles. The molecule has 2 atom stereocenters. The number of aliphatic hydroxyl groups is 1. The predicted octanol–water partition coefficient (Wildman–Crippen LogP) is 3.17. The van der Waals surface area contributed by atoms with Crippen LogP contribution in [-0.4, -0.2) is 46.2 Å². The van der Waals surface area contributed by atoms with Crippen molar-refractivity contribution in [3.63, 3.8) is 0 Å². The molecule has 26 heavy (non-hydrogen) atoms. The highest BCUT2D eigenvalue weighted by Crippen LogP contribution is 2.29. The number of rotatable bonds is 6. The van der Waals surface area contributed by atoms with Gasteiger partial charge in [0.15, 0.2) is 0 Å². The van der Waals surface area contributed by atoms with Gasteiger partial charge in [-0.1, -0.05) is 30.3 Å². The summed E-state index contributed by atoms with van der Waals surface area (Å²) in [5.74, 6) is -0.546. The summed E-state index contributed by atoms with van der Waals surface area (Å²) in [4.78, 5) is 27.1. The SMILES string of the molecule is CC(C)(C)OC(=O)[C@@H]1CC[C@H](CCCO)N1C(=O)/C=C/c1ccccc1. The zero-order valence-corrected chi connectivity index (χ0v) is 15.9. The van der Waals surface area contributed by atoms with Crippen LogP contribution in [0.25, 0.3) is 6.08 Å². The molecule has 142 valence electrons. The number of amides is 1. The van der Waals surface area contributed by atoms with Crippen molar-refractivity contribution in [1.29, 1.82) is 0 Å². The normalized spacial score (nSPS) is 20.5. The summed E-state index contributed by atoms with van der Waals surface area (Å²) in [7, 11) is 0. The van der Waals surface area contributed by atoms with Crippen molar-refractivity contribution in [2.24, 2.45) is 0 Å². The minimum Gasteiger partial charge on any atom is -0.458 e. The highest BCUT2D eigenvalue weighted by Gasteiger charge is 2.41. The summed E-state index contributed by atoms with van der Waals surface area (Å²) in [5, 5.41) is 9.12. The Bertz CT molecular complexity index is 633. The van der Waals surface area contributed by atoms with Crippen LogP contribution in [0.3, 0.4) is 0 Å². The second-order valence-corrected chi connectivity index (χ2v) is 7.64. The first-order valence-corrected chi connectivity index (χ1v) is 9.21. The van der Waals surface area contributed by atoms with Crippen LogP contribution in [0.15, 0.2) is 36.4 Å². The van der Waals surface area contributed by atoms with Crippen molar-refractivity contribution in [1.82, 2.24) is 4.90 Å². The Morgan fingerprint density at radius 2 is 1.92 bits per heavy atom. The highest BCUT2D eigenvalue weighted by molar-refractivity contribution is 5.95. The van der Waals surface area contributed by atoms with Gasteiger partial charge < -0.3 is 14.7 Å². The number of likely N-dealkylation sites (tertiary alicyclic amines) is 1. The Hall–Kier alpha value is -2.14. The Balaban J connectivity index is 2.16. The Morgan fingerprint density at radius 1 is 1.23 bits per heavy atom. The molecule has 5 nitrogen and oxygen atoms in total. The second kappa shape index (κ2) is 8.99. The van der Waals surface area contributed by atoms with Gasteiger partial charge >= 0.3 is 5.97 Å². The molecule has 0 spiro atoms. The van der Waals surface area contributed by atoms with Gasteiger partial charge in [0, 0.05) is 18.7 Å². The van der Waals surface area contributed by atoms with Gasteiger partial charge in [-0.15, -0.1) is 0 Å². The number of aliphatic hydroxyl groups excluding tert-OH is 1. The van der Waals surface area contributed by atoms with Gasteiger partial charge in [0.05, 0.1) is 0 Å². The predicted molar refractivity (Wildman–Crippen MR) is 101 cm³/mol. The van der Waals surface area contributed by atoms with Gasteiger partial charge in [-0.3, -0.25) is 4.79 Å². The molecule has 5 heteroatoms. The molecule has 0 bridgehead atoms. The lowest BCUT2D eigenvalue weighted by Gasteiger charge is -2.30. The maximum atomic E-state index is 12.8. The minimum absolute atomic E-state index is 0.0485. The number of hydrogen-bond acceptors (Lipinski definition) is 4. The van der Waals surface area contributed by atoms with Gasteiger partial charge in [-0.2, -0.15) is 0 Å². The first-order valence-electron chi connectivity index (χ1n) is 9.21. The van der Waals surface area contributed by atoms with E-state index in [1.807, 2.05) is 51.1 Å². The van der Waals surface area contributed by atoms with E-state index in [1.165, 1.54) is 6.08 Å². The van der Waals surface area contributed by atoms with Gasteiger partial charge in [0.25, 0.3) is 0 Å². The van der Waals surface area contributed by atoms with Gasteiger partial charge in [0.1, 0.15) is 11.6 Å². The third-order valence-corrected chi connectivity index (χ3v) is 4.35. The van der Waals surface area contributed by atoms with E-state index in [-0.39, 0.29) is 24.5 Å². The number of ether oxygens (including phenoxy) is 1. The average molecular weight is 359 g/mol. The molecule has 2 rings (SSSR count). The number of benzene rings is 1. The molecule has 1 aliphatic rings. The van der Waals surface area contributed by atoms with E-state index in [1.54, 1.807) is 11.0 Å². The standard InChI is InChI=1S/C21H29NO4/c1-21(2,3)26-20(25)18-13-12-17(10-7-15-23)22(18)19(24)14-11-16-8-5-4-6-9-16/h4-6,8-9,11,14,17-18,23H,7,10,12-13,15H2,1-3H3/b14-11+/t17-,18-/m0/s1. The number of nitrogens with zero attached hydrogens (tertiary/aromatic N) is 1. The molecule has 1 saturated heterocycles. The third-order valence-electron chi connectivity index (χ3n) is 4.35. The average Bonchev–Trinajstić information content (AvgIpc) is 3.01. The summed E-state index contributed by atoms with van der Waals surface area (Å²) in [6, 6.07) is 8.97. The van der Waals surface area contributed by atoms with E-state index >= 15 is 0 Å². The van der Waals surface area contributed by atoms with Crippen molar-refractivity contribution in [2.75, 3.05) is 6.61 Å². The number of hydrogen-bond donors (Lipinski definition) is 1. The maximum absolute atomic E-state index is 12.8. The van der Waals surface area contributed by atoms with Crippen LogP contribution in [0.1, 0.15) is 52.0 Å². The molecule has 1 fully saturated rings. The van der Waals surface area contributed by atoms with Crippen molar-refractivity contribution in [3.05, 3.63) is 42.0 Å². The molecule has 1 aliphatic heterocycles. The minimum atomic E-state index is -0.588. The lowest BCUT2D eigenvalue weighted by atomic mass is 10.1. The third kappa shape index (κ3) is 5.70. The van der Waals surface area contributed by atoms with Crippen LogP contribution in [0, 0.1) is 0 Å². The summed E-state index contributed by atoms with van der Waals surface area (Å²) in [5.41, 5.74) is 0.343. The Kier molecular flexibility index (Phi) is 6.98. The fraction of sp³-hybridized carbons (Fsp3) is 0.524. The molecule has 1 N–H and O–H groups in total. The molecule has 1 heterocycles. The van der Waals surface area contributed by atoms with Gasteiger partial charge in [-0.05, 0) is 58.1 Å². The lowest BCUT2D eigenvalue weighted by Crippen LogP contribution is -2.46. The first kappa shape index (κ1) is 20.2. The van der Waals surface area contributed by atoms with Crippen LogP contribution in [-0.2, 0) is 14.3 Å². The van der Waals surface area contributed by atoms with E-state index in [2.05, 4.69) is 0 Å². The van der Waals surface area contributed by atoms with Crippen LogP contribution in [0.4, 0.5) is 0 Å². The zero-order valence-electron chi connectivity index (χ0n) is 15.9. The molecule has 0 aliphatic carbocycles. The summed E-state index contributed by atoms with van der Waals surface area (Å²) >= 11 is 0. The van der Waals surface area contributed by atoms with Crippen molar-refractivity contribution < 1.29 is 19.4 Å². The molecule has 1 aromatic rings. The Labute approximate surface area is 155 Å². The largest absolute Gasteiger partial charge is 0.458 e. The lowest BCUT2D eigenvalue weighted by molar-refractivity contribution is -0.163. The monoisotopic (exact) mass is 359 g/mol. The van der Waals surface area contributed by atoms with Crippen molar-refractivity contribution >= 4 is 18.0 Å². The van der Waals surface area contributed by atoms with Crippen LogP contribution < -0.4 is 0 Å². The highest BCUT2D eigenvalue weighted by atomic mass is 16.6. The molecule has 1 amide bonds. The number of carbonyl (C=O) groups is 2. The van der Waals surface area contributed by atoms with E-state index in [9.17, 15) is 9.59 Å². The van der Waals surface area contributed by atoms with E-state index in [0.29, 0.717) is 19.3 Å². The van der Waals surface area contributed by atoms with E-state index in [4.69, 9.17) is 9.84 Å². The van der Waals surface area contributed by atoms with Crippen molar-refractivity contribution in [2.45, 2.75) is 64.1 Å². The quantitative estimate of drug-likeness (QED) is 0.626. The summed E-state index contributed by atoms with van der Waals surface area (Å²) < 4.78 is 5.51.